The van der Waals surface area contributed by atoms with Crippen molar-refractivity contribution in [3.63, 3.8) is 0 Å². The van der Waals surface area contributed by atoms with Crippen molar-refractivity contribution in [2.75, 3.05) is 26.0 Å². The second-order valence-corrected chi connectivity index (χ2v) is 9.54. The maximum atomic E-state index is 12.9. The summed E-state index contributed by atoms with van der Waals surface area (Å²) in [6.45, 7) is 3.13. The van der Waals surface area contributed by atoms with Crippen LogP contribution in [0, 0.1) is 12.8 Å². The lowest BCUT2D eigenvalue weighted by molar-refractivity contribution is -0.148. The average molecular weight is 491 g/mol. The fraction of sp³-hybridized carbons (Fsp3) is 0.308. The van der Waals surface area contributed by atoms with E-state index in [1.165, 1.54) is 18.9 Å². The maximum absolute atomic E-state index is 12.9. The van der Waals surface area contributed by atoms with Crippen molar-refractivity contribution in [2.45, 2.75) is 24.9 Å². The van der Waals surface area contributed by atoms with Gasteiger partial charge >= 0.3 is 5.97 Å². The van der Waals surface area contributed by atoms with E-state index in [0.717, 1.165) is 22.2 Å². The number of methoxy groups -OCH3 is 1. The molecule has 1 fully saturated rings. The van der Waals surface area contributed by atoms with E-state index in [4.69, 9.17) is 9.15 Å². The lowest BCUT2D eigenvalue weighted by Crippen LogP contribution is -2.41. The molecular formula is C26H26N4O4S. The van der Waals surface area contributed by atoms with Crippen molar-refractivity contribution >= 4 is 34.6 Å². The molecule has 0 atom stereocenters. The van der Waals surface area contributed by atoms with E-state index in [9.17, 15) is 9.59 Å². The zero-order valence-electron chi connectivity index (χ0n) is 19.6. The first-order chi connectivity index (χ1) is 17.0. The number of ether oxygens (including phenoxy) is 1. The highest BCUT2D eigenvalue weighted by molar-refractivity contribution is 7.99. The van der Waals surface area contributed by atoms with Crippen molar-refractivity contribution in [1.82, 2.24) is 19.7 Å². The minimum absolute atomic E-state index is 0.0158. The zero-order valence-corrected chi connectivity index (χ0v) is 20.5. The van der Waals surface area contributed by atoms with Gasteiger partial charge in [0, 0.05) is 24.2 Å². The van der Waals surface area contributed by atoms with Crippen molar-refractivity contribution < 1.29 is 18.7 Å². The van der Waals surface area contributed by atoms with Crippen LogP contribution in [0.15, 0.2) is 64.2 Å². The molecule has 0 unspecified atom stereocenters. The molecule has 1 aliphatic heterocycles. The van der Waals surface area contributed by atoms with E-state index in [2.05, 4.69) is 10.2 Å². The number of aromatic nitrogens is 3. The van der Waals surface area contributed by atoms with Crippen LogP contribution in [-0.4, -0.2) is 57.5 Å². The molecule has 0 bridgehead atoms. The number of para-hydroxylation sites is 1. The number of esters is 1. The fourth-order valence-corrected chi connectivity index (χ4v) is 5.15. The molecule has 9 heteroatoms. The van der Waals surface area contributed by atoms with Crippen LogP contribution in [-0.2, 0) is 14.3 Å². The first-order valence-corrected chi connectivity index (χ1v) is 12.5. The standard InChI is InChI=1S/C26H26N4O4S/c1-17-7-9-20(10-8-17)30-24(22-15-19-5-3-4-6-21(19)34-22)27-28-26(30)35-16-23(31)29-13-11-18(12-14-29)25(32)33-2/h3-10,15,18H,11-14,16H2,1-2H3. The predicted molar refractivity (Wildman–Crippen MR) is 133 cm³/mol. The molecule has 8 nitrogen and oxygen atoms in total. The Labute approximate surface area is 207 Å². The molecule has 2 aromatic heterocycles. The number of fused-ring (bicyclic) bond motifs is 1. The van der Waals surface area contributed by atoms with Gasteiger partial charge in [-0.05, 0) is 44.0 Å². The summed E-state index contributed by atoms with van der Waals surface area (Å²) in [4.78, 5) is 26.5. The molecule has 2 aromatic carbocycles. The largest absolute Gasteiger partial charge is 0.469 e. The van der Waals surface area contributed by atoms with Gasteiger partial charge in [0.1, 0.15) is 5.58 Å². The Morgan fingerprint density at radius 3 is 2.54 bits per heavy atom. The molecule has 5 rings (SSSR count). The predicted octanol–water partition coefficient (Wildman–Crippen LogP) is 4.49. The highest BCUT2D eigenvalue weighted by Crippen LogP contribution is 2.32. The summed E-state index contributed by atoms with van der Waals surface area (Å²) >= 11 is 1.35. The summed E-state index contributed by atoms with van der Waals surface area (Å²) in [6, 6.07) is 17.8. The normalized spacial score (nSPS) is 14.4. The number of carbonyl (C=O) groups is 2. The van der Waals surface area contributed by atoms with Crippen LogP contribution >= 0.6 is 11.8 Å². The lowest BCUT2D eigenvalue weighted by Gasteiger charge is -2.30. The number of rotatable bonds is 6. The first kappa shape index (κ1) is 23.2. The molecule has 1 amide bonds. The van der Waals surface area contributed by atoms with Crippen LogP contribution < -0.4 is 0 Å². The molecule has 0 N–H and O–H groups in total. The quantitative estimate of drug-likeness (QED) is 0.290. The van der Waals surface area contributed by atoms with E-state index in [1.807, 2.05) is 66.1 Å². The molecule has 0 radical (unpaired) electrons. The third-order valence-electron chi connectivity index (χ3n) is 6.28. The monoisotopic (exact) mass is 490 g/mol. The van der Waals surface area contributed by atoms with Gasteiger partial charge in [-0.1, -0.05) is 47.7 Å². The zero-order chi connectivity index (χ0) is 24.4. The number of hydrogen-bond acceptors (Lipinski definition) is 7. The molecule has 35 heavy (non-hydrogen) atoms. The maximum Gasteiger partial charge on any atom is 0.308 e. The first-order valence-electron chi connectivity index (χ1n) is 11.5. The van der Waals surface area contributed by atoms with E-state index in [0.29, 0.717) is 42.7 Å². The molecule has 4 aromatic rings. The van der Waals surface area contributed by atoms with Crippen molar-refractivity contribution in [3.05, 3.63) is 60.2 Å². The number of aryl methyl sites for hydroxylation is 1. The number of amides is 1. The van der Waals surface area contributed by atoms with E-state index < -0.39 is 0 Å². The van der Waals surface area contributed by atoms with E-state index >= 15 is 0 Å². The minimum atomic E-state index is -0.198. The van der Waals surface area contributed by atoms with Gasteiger partial charge in [-0.2, -0.15) is 0 Å². The van der Waals surface area contributed by atoms with Crippen molar-refractivity contribution in [1.29, 1.82) is 0 Å². The van der Waals surface area contributed by atoms with Gasteiger partial charge in [0.2, 0.25) is 11.7 Å². The van der Waals surface area contributed by atoms with Gasteiger partial charge in [-0.15, -0.1) is 10.2 Å². The topological polar surface area (TPSA) is 90.5 Å². The smallest absolute Gasteiger partial charge is 0.308 e. The van der Waals surface area contributed by atoms with Crippen LogP contribution in [0.2, 0.25) is 0 Å². The molecule has 1 saturated heterocycles. The van der Waals surface area contributed by atoms with Crippen LogP contribution in [0.1, 0.15) is 18.4 Å². The Balaban J connectivity index is 1.38. The van der Waals surface area contributed by atoms with Gasteiger partial charge in [0.05, 0.1) is 18.8 Å². The number of nitrogens with zero attached hydrogens (tertiary/aromatic N) is 4. The number of piperidine rings is 1. The van der Waals surface area contributed by atoms with Crippen LogP contribution in [0.25, 0.3) is 28.2 Å². The Hall–Kier alpha value is -3.59. The number of benzene rings is 2. The number of hydrogen-bond donors (Lipinski definition) is 0. The number of thioether (sulfide) groups is 1. The summed E-state index contributed by atoms with van der Waals surface area (Å²) in [5.41, 5.74) is 2.82. The number of carbonyl (C=O) groups excluding carboxylic acids is 2. The van der Waals surface area contributed by atoms with Gasteiger partial charge in [0.25, 0.3) is 0 Å². The summed E-state index contributed by atoms with van der Waals surface area (Å²) in [5.74, 6) is 1.11. The van der Waals surface area contributed by atoms with Gasteiger partial charge < -0.3 is 14.1 Å². The Morgan fingerprint density at radius 1 is 1.09 bits per heavy atom. The fourth-order valence-electron chi connectivity index (χ4n) is 4.29. The van der Waals surface area contributed by atoms with Crippen LogP contribution in [0.4, 0.5) is 0 Å². The molecular weight excluding hydrogens is 464 g/mol. The summed E-state index contributed by atoms with van der Waals surface area (Å²) in [7, 11) is 1.40. The second kappa shape index (κ2) is 9.95. The summed E-state index contributed by atoms with van der Waals surface area (Å²) in [5, 5.41) is 10.4. The van der Waals surface area contributed by atoms with Crippen molar-refractivity contribution in [3.8, 4) is 17.3 Å². The molecule has 0 saturated carbocycles. The van der Waals surface area contributed by atoms with Crippen LogP contribution in [0.3, 0.4) is 0 Å². The van der Waals surface area contributed by atoms with Gasteiger partial charge in [0.15, 0.2) is 10.9 Å². The molecule has 180 valence electrons. The lowest BCUT2D eigenvalue weighted by atomic mass is 9.97. The van der Waals surface area contributed by atoms with Crippen molar-refractivity contribution in [2.24, 2.45) is 5.92 Å². The van der Waals surface area contributed by atoms with Crippen LogP contribution in [0.5, 0.6) is 0 Å². The Morgan fingerprint density at radius 2 is 1.83 bits per heavy atom. The number of likely N-dealkylation sites (tertiary alicyclic amines) is 1. The molecule has 3 heterocycles. The van der Waals surface area contributed by atoms with Gasteiger partial charge in [-0.3, -0.25) is 14.2 Å². The Bertz CT molecular complexity index is 1320. The summed E-state index contributed by atoms with van der Waals surface area (Å²) < 4.78 is 12.8. The molecule has 0 aliphatic carbocycles. The SMILES string of the molecule is COC(=O)C1CCN(C(=O)CSc2nnc(-c3cc4ccccc4o3)n2-c2ccc(C)cc2)CC1. The third-order valence-corrected chi connectivity index (χ3v) is 7.19. The second-order valence-electron chi connectivity index (χ2n) is 8.59. The highest BCUT2D eigenvalue weighted by Gasteiger charge is 2.28. The molecule has 1 aliphatic rings. The van der Waals surface area contributed by atoms with Gasteiger partial charge in [-0.25, -0.2) is 0 Å². The number of furan rings is 1. The minimum Gasteiger partial charge on any atom is -0.469 e. The average Bonchev–Trinajstić information content (AvgIpc) is 3.51. The molecule has 0 spiro atoms. The third kappa shape index (κ3) is 4.81. The summed E-state index contributed by atoms with van der Waals surface area (Å²) in [6.07, 6.45) is 1.25. The van der Waals surface area contributed by atoms with E-state index in [1.54, 1.807) is 4.90 Å². The highest BCUT2D eigenvalue weighted by atomic mass is 32.2. The van der Waals surface area contributed by atoms with E-state index in [-0.39, 0.29) is 23.5 Å². The Kier molecular flexibility index (Phi) is 6.59.